The number of rotatable bonds is 4. The average molecular weight is 397 g/mol. The first kappa shape index (κ1) is 18.2. The summed E-state index contributed by atoms with van der Waals surface area (Å²) in [5.41, 5.74) is 1.93. The van der Waals surface area contributed by atoms with E-state index in [9.17, 15) is 9.59 Å². The van der Waals surface area contributed by atoms with Gasteiger partial charge >= 0.3 is 0 Å². The van der Waals surface area contributed by atoms with Crippen molar-refractivity contribution in [3.63, 3.8) is 0 Å². The molecule has 142 valence electrons. The fourth-order valence-corrected chi connectivity index (χ4v) is 3.36. The molecule has 4 rings (SSSR count). The summed E-state index contributed by atoms with van der Waals surface area (Å²) in [6.45, 7) is 2.17. The number of hydrogen-bond donors (Lipinski definition) is 1. The molecule has 1 N–H and O–H groups in total. The van der Waals surface area contributed by atoms with E-state index in [0.717, 1.165) is 5.69 Å². The highest BCUT2D eigenvalue weighted by Crippen LogP contribution is 2.26. The molecule has 1 atom stereocenters. The van der Waals surface area contributed by atoms with E-state index in [4.69, 9.17) is 16.1 Å². The van der Waals surface area contributed by atoms with E-state index >= 15 is 0 Å². The Morgan fingerprint density at radius 2 is 2.04 bits per heavy atom. The molecule has 3 aromatic rings. The van der Waals surface area contributed by atoms with Crippen molar-refractivity contribution in [2.45, 2.75) is 19.4 Å². The third kappa shape index (κ3) is 3.36. The van der Waals surface area contributed by atoms with E-state index < -0.39 is 11.9 Å². The molecule has 0 aliphatic carbocycles. The van der Waals surface area contributed by atoms with Crippen LogP contribution in [-0.2, 0) is 4.79 Å². The van der Waals surface area contributed by atoms with Gasteiger partial charge in [-0.3, -0.25) is 14.6 Å². The molecule has 1 saturated heterocycles. The number of benzene rings is 1. The van der Waals surface area contributed by atoms with Gasteiger partial charge in [0.15, 0.2) is 0 Å². The van der Waals surface area contributed by atoms with Crippen molar-refractivity contribution >= 4 is 29.1 Å². The highest BCUT2D eigenvalue weighted by molar-refractivity contribution is 6.30. The van der Waals surface area contributed by atoms with Gasteiger partial charge in [-0.25, -0.2) is 0 Å². The van der Waals surface area contributed by atoms with Gasteiger partial charge in [-0.2, -0.15) is 0 Å². The maximum Gasteiger partial charge on any atom is 0.257 e. The summed E-state index contributed by atoms with van der Waals surface area (Å²) >= 11 is 5.91. The highest BCUT2D eigenvalue weighted by Gasteiger charge is 2.35. The quantitative estimate of drug-likeness (QED) is 0.731. The molecular weight excluding hydrogens is 380 g/mol. The minimum atomic E-state index is -0.617. The summed E-state index contributed by atoms with van der Waals surface area (Å²) in [7, 11) is 0. The lowest BCUT2D eigenvalue weighted by Crippen LogP contribution is -2.41. The second-order valence-corrected chi connectivity index (χ2v) is 6.89. The Bertz CT molecular complexity index is 1020. The second kappa shape index (κ2) is 7.44. The van der Waals surface area contributed by atoms with Crippen LogP contribution < -0.4 is 10.2 Å². The Balaban J connectivity index is 1.53. The van der Waals surface area contributed by atoms with Crippen molar-refractivity contribution in [3.05, 3.63) is 65.0 Å². The van der Waals surface area contributed by atoms with E-state index in [-0.39, 0.29) is 11.5 Å². The lowest BCUT2D eigenvalue weighted by Gasteiger charge is -2.17. The molecule has 8 heteroatoms. The zero-order valence-electron chi connectivity index (χ0n) is 15.1. The van der Waals surface area contributed by atoms with Crippen LogP contribution in [0.3, 0.4) is 0 Å². The molecule has 1 fully saturated rings. The van der Waals surface area contributed by atoms with Gasteiger partial charge in [0.25, 0.3) is 5.91 Å². The number of amides is 2. The van der Waals surface area contributed by atoms with Gasteiger partial charge in [0.2, 0.25) is 5.91 Å². The summed E-state index contributed by atoms with van der Waals surface area (Å²) in [5.74, 6) is -0.196. The van der Waals surface area contributed by atoms with Crippen molar-refractivity contribution in [3.8, 4) is 11.4 Å². The van der Waals surface area contributed by atoms with Crippen LogP contribution in [0, 0.1) is 6.92 Å². The monoisotopic (exact) mass is 396 g/mol. The first-order chi connectivity index (χ1) is 13.5. The lowest BCUT2D eigenvalue weighted by atomic mass is 10.1. The number of nitrogens with one attached hydrogen (secondary N) is 1. The molecule has 2 aromatic heterocycles. The summed E-state index contributed by atoms with van der Waals surface area (Å²) in [5, 5.41) is 7.38. The van der Waals surface area contributed by atoms with E-state index in [2.05, 4.69) is 15.5 Å². The minimum absolute atomic E-state index is 0.163. The molecule has 1 aliphatic rings. The maximum atomic E-state index is 12.9. The SMILES string of the molecule is Cc1onc(-c2ccccn2)c1C(=O)NC1CCN(c2ccc(Cl)cc2)C1=O. The van der Waals surface area contributed by atoms with Crippen molar-refractivity contribution in [2.24, 2.45) is 0 Å². The molecule has 1 aliphatic heterocycles. The molecule has 0 saturated carbocycles. The number of anilines is 1. The summed E-state index contributed by atoms with van der Waals surface area (Å²) in [6.07, 6.45) is 2.13. The van der Waals surface area contributed by atoms with Crippen LogP contribution in [0.2, 0.25) is 5.02 Å². The number of aromatic nitrogens is 2. The largest absolute Gasteiger partial charge is 0.360 e. The fourth-order valence-electron chi connectivity index (χ4n) is 3.24. The highest BCUT2D eigenvalue weighted by atomic mass is 35.5. The van der Waals surface area contributed by atoms with Crippen LogP contribution >= 0.6 is 11.6 Å². The number of halogens is 1. The lowest BCUT2D eigenvalue weighted by molar-refractivity contribution is -0.118. The molecule has 2 amide bonds. The van der Waals surface area contributed by atoms with Gasteiger partial charge < -0.3 is 14.7 Å². The summed E-state index contributed by atoms with van der Waals surface area (Å²) < 4.78 is 5.21. The summed E-state index contributed by atoms with van der Waals surface area (Å²) in [6, 6.07) is 11.7. The molecule has 3 heterocycles. The van der Waals surface area contributed by atoms with Gasteiger partial charge in [-0.1, -0.05) is 22.8 Å². The molecule has 0 bridgehead atoms. The van der Waals surface area contributed by atoms with Crippen molar-refractivity contribution in [1.82, 2.24) is 15.5 Å². The Hall–Kier alpha value is -3.19. The number of hydrogen-bond acceptors (Lipinski definition) is 5. The van der Waals surface area contributed by atoms with E-state index in [1.807, 2.05) is 0 Å². The number of pyridine rings is 1. The Morgan fingerprint density at radius 3 is 2.75 bits per heavy atom. The van der Waals surface area contributed by atoms with E-state index in [1.165, 1.54) is 0 Å². The number of aryl methyl sites for hydroxylation is 1. The second-order valence-electron chi connectivity index (χ2n) is 6.46. The first-order valence-corrected chi connectivity index (χ1v) is 9.18. The van der Waals surface area contributed by atoms with Crippen LogP contribution in [0.1, 0.15) is 22.5 Å². The first-order valence-electron chi connectivity index (χ1n) is 8.80. The van der Waals surface area contributed by atoms with E-state index in [1.54, 1.807) is 60.5 Å². The van der Waals surface area contributed by atoms with Crippen LogP contribution in [-0.4, -0.2) is 34.5 Å². The van der Waals surface area contributed by atoms with Gasteiger partial charge in [0.05, 0.1) is 5.69 Å². The fraction of sp³-hybridized carbons (Fsp3) is 0.200. The van der Waals surface area contributed by atoms with Crippen LogP contribution in [0.15, 0.2) is 53.2 Å². The number of nitrogens with zero attached hydrogens (tertiary/aromatic N) is 3. The molecule has 0 spiro atoms. The molecule has 1 unspecified atom stereocenters. The number of carbonyl (C=O) groups excluding carboxylic acids is 2. The average Bonchev–Trinajstić information content (AvgIpc) is 3.26. The zero-order chi connectivity index (χ0) is 19.7. The molecule has 7 nitrogen and oxygen atoms in total. The Labute approximate surface area is 166 Å². The van der Waals surface area contributed by atoms with E-state index in [0.29, 0.717) is 35.1 Å². The predicted octanol–water partition coefficient (Wildman–Crippen LogP) is 3.23. The van der Waals surface area contributed by atoms with Crippen molar-refractivity contribution in [2.75, 3.05) is 11.4 Å². The third-order valence-electron chi connectivity index (χ3n) is 4.65. The van der Waals surface area contributed by atoms with Crippen molar-refractivity contribution in [1.29, 1.82) is 0 Å². The molecule has 0 radical (unpaired) electrons. The predicted molar refractivity (Wildman–Crippen MR) is 104 cm³/mol. The van der Waals surface area contributed by atoms with Gasteiger partial charge in [-0.15, -0.1) is 0 Å². The minimum Gasteiger partial charge on any atom is -0.360 e. The topological polar surface area (TPSA) is 88.3 Å². The van der Waals surface area contributed by atoms with Gasteiger partial charge in [0.1, 0.15) is 23.1 Å². The smallest absolute Gasteiger partial charge is 0.257 e. The Kier molecular flexibility index (Phi) is 4.83. The normalized spacial score (nSPS) is 16.4. The summed E-state index contributed by atoms with van der Waals surface area (Å²) in [4.78, 5) is 31.5. The van der Waals surface area contributed by atoms with Gasteiger partial charge in [0, 0.05) is 23.5 Å². The van der Waals surface area contributed by atoms with Gasteiger partial charge in [-0.05, 0) is 49.7 Å². The van der Waals surface area contributed by atoms with Crippen molar-refractivity contribution < 1.29 is 14.1 Å². The molecular formula is C20H17ClN4O3. The Morgan fingerprint density at radius 1 is 1.25 bits per heavy atom. The van der Waals surface area contributed by atoms with Crippen LogP contribution in [0.5, 0.6) is 0 Å². The molecule has 28 heavy (non-hydrogen) atoms. The maximum absolute atomic E-state index is 12.9. The van der Waals surface area contributed by atoms with Crippen LogP contribution in [0.4, 0.5) is 5.69 Å². The molecule has 1 aromatic carbocycles. The van der Waals surface area contributed by atoms with Crippen LogP contribution in [0.25, 0.3) is 11.4 Å². The standard InChI is InChI=1S/C20H17ClN4O3/c1-12-17(18(24-28-12)15-4-2-3-10-22-15)19(26)23-16-9-11-25(20(16)27)14-7-5-13(21)6-8-14/h2-8,10,16H,9,11H2,1H3,(H,23,26). The zero-order valence-corrected chi connectivity index (χ0v) is 15.8. The number of carbonyl (C=O) groups is 2. The third-order valence-corrected chi connectivity index (χ3v) is 4.90.